The minimum Gasteiger partial charge on any atom is -0.308 e. The maximum absolute atomic E-state index is 12.6. The first-order chi connectivity index (χ1) is 13.0. The molecule has 0 spiro atoms. The fraction of sp³-hybridized carbons (Fsp3) is 0.200. The number of carbonyl (C=O) groups is 1. The molecule has 0 radical (unpaired) electrons. The lowest BCUT2D eigenvalue weighted by Gasteiger charge is -2.15. The number of sulfonamides is 1. The van der Waals surface area contributed by atoms with Gasteiger partial charge in [-0.25, -0.2) is 13.1 Å². The quantitative estimate of drug-likeness (QED) is 0.583. The number of carbonyl (C=O) groups excluding carboxylic acids is 1. The molecule has 0 aliphatic carbocycles. The zero-order chi connectivity index (χ0) is 19.3. The van der Waals surface area contributed by atoms with Gasteiger partial charge in [0.1, 0.15) is 0 Å². The van der Waals surface area contributed by atoms with Crippen LogP contribution in [0.3, 0.4) is 0 Å². The van der Waals surface area contributed by atoms with Gasteiger partial charge in [0, 0.05) is 35.9 Å². The van der Waals surface area contributed by atoms with Crippen LogP contribution in [0.25, 0.3) is 10.8 Å². The molecule has 0 bridgehead atoms. The van der Waals surface area contributed by atoms with Crippen LogP contribution in [0.15, 0.2) is 71.9 Å². The van der Waals surface area contributed by atoms with Crippen molar-refractivity contribution in [1.82, 2.24) is 15.0 Å². The van der Waals surface area contributed by atoms with Crippen molar-refractivity contribution in [2.45, 2.75) is 17.9 Å². The number of rotatable bonds is 8. The van der Waals surface area contributed by atoms with Crippen molar-refractivity contribution in [1.29, 1.82) is 0 Å². The van der Waals surface area contributed by atoms with E-state index in [4.69, 9.17) is 0 Å². The monoisotopic (exact) mass is 383 g/mol. The first-order valence-corrected chi connectivity index (χ1v) is 10.1. The van der Waals surface area contributed by atoms with Crippen LogP contribution in [0.2, 0.25) is 0 Å². The summed E-state index contributed by atoms with van der Waals surface area (Å²) in [5.74, 6) is -0.0335. The van der Waals surface area contributed by atoms with Gasteiger partial charge in [-0.05, 0) is 30.5 Å². The summed E-state index contributed by atoms with van der Waals surface area (Å²) in [5.41, 5.74) is 0.629. The Labute approximate surface area is 158 Å². The van der Waals surface area contributed by atoms with E-state index in [-0.39, 0.29) is 23.3 Å². The number of nitrogens with one attached hydrogen (secondary N) is 2. The summed E-state index contributed by atoms with van der Waals surface area (Å²) in [5, 5.41) is 4.69. The molecule has 0 saturated heterocycles. The molecule has 6 nitrogen and oxygen atoms in total. The van der Waals surface area contributed by atoms with Gasteiger partial charge in [-0.15, -0.1) is 0 Å². The van der Waals surface area contributed by atoms with Crippen molar-refractivity contribution in [2.24, 2.45) is 0 Å². The maximum Gasteiger partial charge on any atom is 0.240 e. The van der Waals surface area contributed by atoms with E-state index in [1.54, 1.807) is 55.7 Å². The Hall–Kier alpha value is -2.61. The molecule has 140 valence electrons. The number of ketones is 1. The lowest BCUT2D eigenvalue weighted by molar-refractivity contribution is 0.0991. The first-order valence-electron chi connectivity index (χ1n) is 8.61. The molecule has 1 atom stereocenters. The molecular weight excluding hydrogens is 362 g/mol. The fourth-order valence-corrected chi connectivity index (χ4v) is 4.01. The van der Waals surface area contributed by atoms with Gasteiger partial charge in [-0.2, -0.15) is 0 Å². The summed E-state index contributed by atoms with van der Waals surface area (Å²) in [6.07, 6.45) is 3.32. The van der Waals surface area contributed by atoms with E-state index in [0.717, 1.165) is 10.8 Å². The highest BCUT2D eigenvalue weighted by molar-refractivity contribution is 7.89. The first kappa shape index (κ1) is 19.2. The Kier molecular flexibility index (Phi) is 5.95. The highest BCUT2D eigenvalue weighted by atomic mass is 32.2. The highest BCUT2D eigenvalue weighted by Crippen LogP contribution is 2.18. The van der Waals surface area contributed by atoms with Gasteiger partial charge in [0.15, 0.2) is 5.78 Å². The Morgan fingerprint density at radius 3 is 2.63 bits per heavy atom. The second kappa shape index (κ2) is 8.39. The fourth-order valence-electron chi connectivity index (χ4n) is 2.73. The van der Waals surface area contributed by atoms with Crippen molar-refractivity contribution < 1.29 is 13.2 Å². The number of pyridine rings is 1. The zero-order valence-electron chi connectivity index (χ0n) is 14.9. The molecule has 3 rings (SSSR count). The van der Waals surface area contributed by atoms with E-state index in [1.807, 2.05) is 18.2 Å². The molecule has 0 aliphatic rings. The van der Waals surface area contributed by atoms with Crippen LogP contribution in [0.5, 0.6) is 0 Å². The zero-order valence-corrected chi connectivity index (χ0v) is 15.7. The molecule has 7 heteroatoms. The van der Waals surface area contributed by atoms with Gasteiger partial charge >= 0.3 is 0 Å². The van der Waals surface area contributed by atoms with Crippen molar-refractivity contribution in [3.05, 3.63) is 72.6 Å². The van der Waals surface area contributed by atoms with Crippen LogP contribution >= 0.6 is 0 Å². The van der Waals surface area contributed by atoms with Crippen molar-refractivity contribution >= 4 is 26.6 Å². The third kappa shape index (κ3) is 4.97. The molecule has 2 N–H and O–H groups in total. The summed E-state index contributed by atoms with van der Waals surface area (Å²) in [7, 11) is -3.65. The minimum absolute atomic E-state index is 0.0335. The summed E-state index contributed by atoms with van der Waals surface area (Å²) < 4.78 is 27.8. The molecule has 0 fully saturated rings. The van der Waals surface area contributed by atoms with Crippen LogP contribution in [0, 0.1) is 0 Å². The lowest BCUT2D eigenvalue weighted by Crippen LogP contribution is -2.41. The van der Waals surface area contributed by atoms with Gasteiger partial charge in [0.05, 0.1) is 11.4 Å². The van der Waals surface area contributed by atoms with E-state index in [9.17, 15) is 13.2 Å². The molecule has 3 aromatic rings. The Morgan fingerprint density at radius 2 is 1.85 bits per heavy atom. The largest absolute Gasteiger partial charge is 0.308 e. The smallest absolute Gasteiger partial charge is 0.240 e. The average Bonchev–Trinajstić information content (AvgIpc) is 2.67. The summed E-state index contributed by atoms with van der Waals surface area (Å²) in [6.45, 7) is 2.25. The van der Waals surface area contributed by atoms with Crippen LogP contribution in [0.1, 0.15) is 17.3 Å². The molecule has 0 aliphatic heterocycles. The second-order valence-electron chi connectivity index (χ2n) is 6.33. The minimum atomic E-state index is -3.65. The predicted octanol–water partition coefficient (Wildman–Crippen LogP) is 2.37. The third-order valence-electron chi connectivity index (χ3n) is 4.11. The van der Waals surface area contributed by atoms with E-state index in [0.29, 0.717) is 12.1 Å². The number of fused-ring (bicyclic) bond motifs is 1. The van der Waals surface area contributed by atoms with Gasteiger partial charge in [-0.3, -0.25) is 9.78 Å². The maximum atomic E-state index is 12.6. The number of hydrogen-bond acceptors (Lipinski definition) is 5. The van der Waals surface area contributed by atoms with E-state index >= 15 is 0 Å². The SMILES string of the molecule is CC(CNCC(=O)c1ccccc1)NS(=O)(=O)c1ccc2cnccc2c1. The Morgan fingerprint density at radius 1 is 1.07 bits per heavy atom. The number of nitrogens with zero attached hydrogens (tertiary/aromatic N) is 1. The predicted molar refractivity (Wildman–Crippen MR) is 105 cm³/mol. The number of Topliss-reactive ketones (excluding diaryl/α,β-unsaturated/α-hetero) is 1. The van der Waals surface area contributed by atoms with E-state index < -0.39 is 10.0 Å². The van der Waals surface area contributed by atoms with E-state index in [1.165, 1.54) is 0 Å². The average molecular weight is 383 g/mol. The van der Waals surface area contributed by atoms with Crippen LogP contribution in [0.4, 0.5) is 0 Å². The molecule has 1 heterocycles. The molecule has 27 heavy (non-hydrogen) atoms. The van der Waals surface area contributed by atoms with Gasteiger partial charge in [0.2, 0.25) is 10.0 Å². The second-order valence-corrected chi connectivity index (χ2v) is 8.04. The normalized spacial score (nSPS) is 12.8. The number of aromatic nitrogens is 1. The Bertz CT molecular complexity index is 1040. The highest BCUT2D eigenvalue weighted by Gasteiger charge is 2.18. The van der Waals surface area contributed by atoms with Gasteiger partial charge in [0.25, 0.3) is 0 Å². The number of hydrogen-bond donors (Lipinski definition) is 2. The summed E-state index contributed by atoms with van der Waals surface area (Å²) in [4.78, 5) is 16.3. The number of benzene rings is 2. The van der Waals surface area contributed by atoms with Gasteiger partial charge < -0.3 is 5.32 Å². The molecule has 2 aromatic carbocycles. The topological polar surface area (TPSA) is 88.2 Å². The Balaban J connectivity index is 1.57. The molecular formula is C20H21N3O3S. The summed E-state index contributed by atoms with van der Waals surface area (Å²) >= 11 is 0. The van der Waals surface area contributed by atoms with Gasteiger partial charge in [-0.1, -0.05) is 36.4 Å². The van der Waals surface area contributed by atoms with Crippen molar-refractivity contribution in [2.75, 3.05) is 13.1 Å². The van der Waals surface area contributed by atoms with Crippen LogP contribution < -0.4 is 10.0 Å². The van der Waals surface area contributed by atoms with Crippen LogP contribution in [-0.2, 0) is 10.0 Å². The lowest BCUT2D eigenvalue weighted by atomic mass is 10.1. The molecule has 0 saturated carbocycles. The summed E-state index contributed by atoms with van der Waals surface area (Å²) in [6, 6.07) is 15.3. The van der Waals surface area contributed by atoms with Crippen LogP contribution in [-0.4, -0.2) is 38.3 Å². The van der Waals surface area contributed by atoms with Crippen molar-refractivity contribution in [3.8, 4) is 0 Å². The molecule has 1 unspecified atom stereocenters. The molecule has 1 aromatic heterocycles. The standard InChI is InChI=1S/C20H21N3O3S/c1-15(12-22-14-20(24)16-5-3-2-4-6-16)23-27(25,26)19-8-7-18-13-21-10-9-17(18)11-19/h2-11,13,15,22-23H,12,14H2,1H3. The van der Waals surface area contributed by atoms with E-state index in [2.05, 4.69) is 15.0 Å². The third-order valence-corrected chi connectivity index (χ3v) is 5.70. The van der Waals surface area contributed by atoms with Crippen molar-refractivity contribution in [3.63, 3.8) is 0 Å². The molecule has 0 amide bonds.